The molecule has 0 bridgehead atoms. The number of carbonyl (C=O) groups excluding carboxylic acids is 4. The number of hydrogen-bond acceptors (Lipinski definition) is 15. The van der Waals surface area contributed by atoms with Crippen LogP contribution in [0.5, 0.6) is 0 Å². The third-order valence-electron chi connectivity index (χ3n) is 15.6. The van der Waals surface area contributed by atoms with Crippen LogP contribution in [0.15, 0.2) is 134 Å². The molecule has 0 spiro atoms. The summed E-state index contributed by atoms with van der Waals surface area (Å²) in [5.41, 5.74) is 0. The Morgan fingerprint density at radius 1 is 0.290 bits per heavy atom. The summed E-state index contributed by atoms with van der Waals surface area (Å²) in [6, 6.07) is 0. The lowest BCUT2D eigenvalue weighted by molar-refractivity contribution is -0.161. The average molecular weight is 1440 g/mol. The van der Waals surface area contributed by atoms with Gasteiger partial charge in [0.25, 0.3) is 0 Å². The van der Waals surface area contributed by atoms with Gasteiger partial charge in [-0.1, -0.05) is 271 Å². The maximum absolute atomic E-state index is 13.1. The van der Waals surface area contributed by atoms with E-state index in [1.54, 1.807) is 0 Å². The Morgan fingerprint density at radius 3 is 0.820 bits per heavy atom. The molecule has 0 aromatic heterocycles. The van der Waals surface area contributed by atoms with Gasteiger partial charge in [0.15, 0.2) is 12.2 Å². The van der Waals surface area contributed by atoms with E-state index in [1.165, 1.54) is 38.5 Å². The predicted molar refractivity (Wildman–Crippen MR) is 408 cm³/mol. The van der Waals surface area contributed by atoms with E-state index in [-0.39, 0.29) is 25.7 Å². The van der Waals surface area contributed by atoms with Gasteiger partial charge in [-0.3, -0.25) is 37.3 Å². The summed E-state index contributed by atoms with van der Waals surface area (Å²) in [5.74, 6) is -2.26. The molecule has 0 aliphatic rings. The number of carbonyl (C=O) groups is 4. The van der Waals surface area contributed by atoms with Crippen LogP contribution in [0, 0.1) is 0 Å². The maximum Gasteiger partial charge on any atom is 0.472 e. The smallest absolute Gasteiger partial charge is 0.462 e. The molecule has 0 fully saturated rings. The summed E-state index contributed by atoms with van der Waals surface area (Å²) in [4.78, 5) is 72.8. The lowest BCUT2D eigenvalue weighted by atomic mass is 10.1. The molecule has 0 radical (unpaired) electrons. The second-order valence-corrected chi connectivity index (χ2v) is 28.1. The summed E-state index contributed by atoms with van der Waals surface area (Å²) in [6.45, 7) is 4.44. The Morgan fingerprint density at radius 2 is 0.520 bits per heavy atom. The number of rotatable bonds is 71. The van der Waals surface area contributed by atoms with Gasteiger partial charge in [0, 0.05) is 25.7 Å². The van der Waals surface area contributed by atoms with E-state index in [0.29, 0.717) is 25.7 Å². The van der Waals surface area contributed by atoms with Crippen molar-refractivity contribution in [2.24, 2.45) is 0 Å². The largest absolute Gasteiger partial charge is 0.472 e. The first kappa shape index (κ1) is 95.2. The monoisotopic (exact) mass is 1440 g/mol. The minimum atomic E-state index is -4.99. The molecule has 3 N–H and O–H groups in total. The van der Waals surface area contributed by atoms with Gasteiger partial charge >= 0.3 is 39.5 Å². The van der Waals surface area contributed by atoms with E-state index in [4.69, 9.17) is 37.0 Å². The molecular weight excluding hydrogens is 1310 g/mol. The lowest BCUT2D eigenvalue weighted by Crippen LogP contribution is -2.30. The van der Waals surface area contributed by atoms with Crippen LogP contribution in [-0.4, -0.2) is 96.7 Å². The van der Waals surface area contributed by atoms with Crippen molar-refractivity contribution >= 4 is 39.5 Å². The van der Waals surface area contributed by atoms with Gasteiger partial charge in [-0.25, -0.2) is 9.13 Å². The van der Waals surface area contributed by atoms with Crippen LogP contribution in [0.4, 0.5) is 0 Å². The zero-order valence-corrected chi connectivity index (χ0v) is 64.1. The first-order valence-corrected chi connectivity index (χ1v) is 41.4. The molecule has 572 valence electrons. The second kappa shape index (κ2) is 72.5. The summed E-state index contributed by atoms with van der Waals surface area (Å²) >= 11 is 0. The van der Waals surface area contributed by atoms with Crippen LogP contribution in [-0.2, 0) is 65.4 Å². The van der Waals surface area contributed by atoms with E-state index in [2.05, 4.69) is 161 Å². The van der Waals surface area contributed by atoms with Crippen LogP contribution < -0.4 is 0 Å². The zero-order valence-electron chi connectivity index (χ0n) is 62.3. The number of hydrogen-bond donors (Lipinski definition) is 3. The number of ether oxygens (including phenoxy) is 4. The van der Waals surface area contributed by atoms with Crippen LogP contribution in [0.1, 0.15) is 297 Å². The fraction of sp³-hybridized carbons (Fsp3) is 0.679. The first-order chi connectivity index (χ1) is 48.7. The Kier molecular flexibility index (Phi) is 69.1. The van der Waals surface area contributed by atoms with Crippen molar-refractivity contribution in [2.45, 2.75) is 316 Å². The molecule has 0 amide bonds. The van der Waals surface area contributed by atoms with Crippen molar-refractivity contribution in [1.82, 2.24) is 0 Å². The number of phosphoric acid groups is 2. The highest BCUT2D eigenvalue weighted by molar-refractivity contribution is 7.47. The van der Waals surface area contributed by atoms with Crippen LogP contribution in [0.2, 0.25) is 0 Å². The van der Waals surface area contributed by atoms with E-state index in [1.807, 2.05) is 0 Å². The highest BCUT2D eigenvalue weighted by Gasteiger charge is 2.30. The number of aliphatic hydroxyl groups excluding tert-OH is 1. The molecular formula is C81H136O17P2. The molecule has 0 heterocycles. The second-order valence-electron chi connectivity index (χ2n) is 25.2. The number of allylic oxidation sites excluding steroid dienone is 22. The van der Waals surface area contributed by atoms with Crippen molar-refractivity contribution in [3.8, 4) is 0 Å². The number of esters is 4. The summed E-state index contributed by atoms with van der Waals surface area (Å²) < 4.78 is 68.4. The Bertz CT molecular complexity index is 2420. The molecule has 100 heavy (non-hydrogen) atoms. The van der Waals surface area contributed by atoms with Gasteiger partial charge < -0.3 is 33.8 Å². The summed E-state index contributed by atoms with van der Waals surface area (Å²) in [7, 11) is -9.97. The molecule has 5 unspecified atom stereocenters. The van der Waals surface area contributed by atoms with Crippen molar-refractivity contribution in [2.75, 3.05) is 39.6 Å². The third-order valence-corrected chi connectivity index (χ3v) is 17.5. The third kappa shape index (κ3) is 71.6. The fourth-order valence-corrected chi connectivity index (χ4v) is 11.4. The Labute approximate surface area is 605 Å². The molecule has 0 aliphatic carbocycles. The number of unbranched alkanes of at least 4 members (excludes halogenated alkanes) is 23. The van der Waals surface area contributed by atoms with Crippen molar-refractivity contribution < 1.29 is 80.2 Å². The Balaban J connectivity index is 5.37. The molecule has 17 nitrogen and oxygen atoms in total. The van der Waals surface area contributed by atoms with Crippen molar-refractivity contribution in [3.05, 3.63) is 134 Å². The summed E-state index contributed by atoms with van der Waals surface area (Å²) in [6.07, 6.45) is 80.2. The zero-order chi connectivity index (χ0) is 73.2. The molecule has 5 atom stereocenters. The van der Waals surface area contributed by atoms with Gasteiger partial charge in [0.1, 0.15) is 19.3 Å². The quantitative estimate of drug-likeness (QED) is 0.0169. The molecule has 0 saturated heterocycles. The molecule has 0 aliphatic heterocycles. The molecule has 0 rings (SSSR count). The van der Waals surface area contributed by atoms with E-state index in [9.17, 15) is 43.2 Å². The minimum absolute atomic E-state index is 0.0634. The van der Waals surface area contributed by atoms with E-state index >= 15 is 0 Å². The highest BCUT2D eigenvalue weighted by atomic mass is 31.2. The van der Waals surface area contributed by atoms with Gasteiger partial charge in [0.05, 0.1) is 26.4 Å². The van der Waals surface area contributed by atoms with Crippen LogP contribution in [0.3, 0.4) is 0 Å². The van der Waals surface area contributed by atoms with Crippen molar-refractivity contribution in [1.29, 1.82) is 0 Å². The number of phosphoric ester groups is 2. The van der Waals surface area contributed by atoms with Gasteiger partial charge in [-0.05, 0) is 135 Å². The maximum atomic E-state index is 13.1. The SMILES string of the molecule is CC/C=C\C/C=C\C/C=C\C/C=C\CCCCCCCCC(=O)OCC(COP(=O)(O)OCC(O)COP(=O)(O)OCC(COC(=O)CCCC/C=C\C/C=C\C/C=C\C/C=C\CC)OC(=O)CCCCCCC/C=C\C/C=C\C/C=C\CC)OC(=O)CCCCCCCCCCCCC. The normalized spacial score (nSPS) is 14.7. The van der Waals surface area contributed by atoms with Gasteiger partial charge in [-0.2, -0.15) is 0 Å². The van der Waals surface area contributed by atoms with Crippen LogP contribution >= 0.6 is 15.6 Å². The van der Waals surface area contributed by atoms with Crippen molar-refractivity contribution in [3.63, 3.8) is 0 Å². The average Bonchev–Trinajstić information content (AvgIpc) is 0.953. The Hall–Kier alpha value is -4.80. The fourth-order valence-electron chi connectivity index (χ4n) is 9.86. The molecule has 19 heteroatoms. The number of aliphatic hydroxyl groups is 1. The molecule has 0 saturated carbocycles. The van der Waals surface area contributed by atoms with E-state index < -0.39 is 97.5 Å². The topological polar surface area (TPSA) is 237 Å². The van der Waals surface area contributed by atoms with Gasteiger partial charge in [0.2, 0.25) is 0 Å². The minimum Gasteiger partial charge on any atom is -0.462 e. The molecule has 0 aromatic rings. The summed E-state index contributed by atoms with van der Waals surface area (Å²) in [5, 5.41) is 10.6. The highest BCUT2D eigenvalue weighted by Crippen LogP contribution is 2.45. The first-order valence-electron chi connectivity index (χ1n) is 38.4. The predicted octanol–water partition coefficient (Wildman–Crippen LogP) is 22.1. The van der Waals surface area contributed by atoms with Crippen LogP contribution in [0.25, 0.3) is 0 Å². The van der Waals surface area contributed by atoms with E-state index in [0.717, 1.165) is 180 Å². The standard InChI is InChI=1S/C81H136O17P2/c1-5-9-13-17-21-25-29-32-35-36-37-38-41-43-47-50-54-58-62-66-79(84)91-71-76(97-80(85)67-63-59-55-51-45-28-24-20-16-12-8-4)73-95-99(87,88)93-69-75(82)70-94-100(89,90)96-74-77(98-81(86)68-64-60-56-52-48-44-40-34-31-27-23-19-15-11-7-3)72-92-78(83)65-61-57-53-49-46-42-39-33-30-26-22-18-14-10-6-2/h9-11,13-15,21-23,25-27,32-35,37-40,46,49,75-77,82H,5-8,12,16-20,24,28-31,36,41-45,47-48,50-74H2,1-4H3,(H,87,88)(H,89,90)/b13-9-,14-10-,15-11-,25-21-,26-22-,27-23-,35-32-,38-37-,39-33-,40-34-,49-46-. The molecule has 0 aromatic carbocycles. The van der Waals surface area contributed by atoms with Gasteiger partial charge in [-0.15, -0.1) is 0 Å². The lowest BCUT2D eigenvalue weighted by Gasteiger charge is -2.21.